The van der Waals surface area contributed by atoms with Gasteiger partial charge in [-0.3, -0.25) is 4.79 Å². The van der Waals surface area contributed by atoms with Crippen molar-refractivity contribution >= 4 is 68.7 Å². The van der Waals surface area contributed by atoms with E-state index in [1.807, 2.05) is 18.2 Å². The van der Waals surface area contributed by atoms with E-state index < -0.39 is 8.07 Å². The van der Waals surface area contributed by atoms with Crippen molar-refractivity contribution in [3.8, 4) is 0 Å². The van der Waals surface area contributed by atoms with E-state index in [9.17, 15) is 4.79 Å². The van der Waals surface area contributed by atoms with Crippen LogP contribution in [0.25, 0.3) is 0 Å². The van der Waals surface area contributed by atoms with Crippen LogP contribution in [-0.4, -0.2) is 13.9 Å². The zero-order valence-corrected chi connectivity index (χ0v) is 29.0. The van der Waals surface area contributed by atoms with Gasteiger partial charge >= 0.3 is 0 Å². The monoisotopic (exact) mass is 658 g/mol. The number of hydrogen-bond donors (Lipinski definition) is 0. The topological polar surface area (TPSA) is 23.6 Å². The van der Waals surface area contributed by atoms with E-state index >= 15 is 0 Å². The van der Waals surface area contributed by atoms with Crippen LogP contribution in [0.2, 0.25) is 0 Å². The standard InChI is InChI=1S/C46H34N2OSi/c1-46(2)35-19-7-6-18-33(35)45(49)34-29-28-32(30-36(34)46)48-39-22-10-14-26-43(39)50(44-27-15-11-23-40(44)48)41-24-12-8-20-37(41)47(31-16-4-3-5-17-31)38-21-9-13-25-42(38)50/h3-30H,1-2H3. The van der Waals surface area contributed by atoms with Crippen molar-refractivity contribution in [3.05, 3.63) is 192 Å². The summed E-state index contributed by atoms with van der Waals surface area (Å²) in [6.45, 7) is 4.49. The molecule has 7 aromatic rings. The number of benzene rings is 7. The van der Waals surface area contributed by atoms with E-state index in [1.54, 1.807) is 0 Å². The Morgan fingerprint density at radius 2 is 0.840 bits per heavy atom. The molecule has 0 saturated carbocycles. The second-order valence-corrected chi connectivity index (χ2v) is 17.7. The number of fused-ring (bicyclic) bond motifs is 10. The number of para-hydroxylation sites is 5. The lowest BCUT2D eigenvalue weighted by molar-refractivity contribution is 0.103. The maximum absolute atomic E-state index is 13.8. The summed E-state index contributed by atoms with van der Waals surface area (Å²) >= 11 is 0. The smallest absolute Gasteiger partial charge is 0.193 e. The molecule has 3 aliphatic rings. The van der Waals surface area contributed by atoms with Gasteiger partial charge in [0.2, 0.25) is 0 Å². The minimum Gasteiger partial charge on any atom is -0.311 e. The molecule has 0 radical (unpaired) electrons. The number of ketones is 1. The molecule has 50 heavy (non-hydrogen) atoms. The van der Waals surface area contributed by atoms with Crippen LogP contribution in [0.4, 0.5) is 34.1 Å². The zero-order valence-electron chi connectivity index (χ0n) is 28.0. The fourth-order valence-corrected chi connectivity index (χ4v) is 14.6. The first kappa shape index (κ1) is 29.0. The Bertz CT molecular complexity index is 2420. The van der Waals surface area contributed by atoms with Gasteiger partial charge in [-0.2, -0.15) is 0 Å². The Hall–Kier alpha value is -5.97. The van der Waals surface area contributed by atoms with Gasteiger partial charge in [0, 0.05) is 50.7 Å². The van der Waals surface area contributed by atoms with Crippen LogP contribution in [0.1, 0.15) is 40.9 Å². The molecular weight excluding hydrogens is 625 g/mol. The van der Waals surface area contributed by atoms with Gasteiger partial charge in [0.05, 0.1) is 0 Å². The molecule has 2 aliphatic heterocycles. The molecule has 0 N–H and O–H groups in total. The number of anilines is 6. The summed E-state index contributed by atoms with van der Waals surface area (Å²) < 4.78 is 0. The summed E-state index contributed by atoms with van der Waals surface area (Å²) in [6, 6.07) is 61.5. The second-order valence-electron chi connectivity index (χ2n) is 14.1. The molecule has 7 aromatic carbocycles. The number of carbonyl (C=O) groups excluding carboxylic acids is 1. The number of hydrogen-bond acceptors (Lipinski definition) is 3. The Labute approximate surface area is 293 Å². The summed E-state index contributed by atoms with van der Waals surface area (Å²) in [6.07, 6.45) is 0. The number of carbonyl (C=O) groups is 1. The van der Waals surface area contributed by atoms with Crippen LogP contribution in [-0.2, 0) is 5.41 Å². The molecule has 0 atom stereocenters. The third-order valence-electron chi connectivity index (χ3n) is 11.2. The Kier molecular flexibility index (Phi) is 6.09. The lowest BCUT2D eigenvalue weighted by atomic mass is 9.68. The Balaban J connectivity index is 1.26. The highest BCUT2D eigenvalue weighted by Crippen LogP contribution is 2.47. The van der Waals surface area contributed by atoms with Crippen molar-refractivity contribution in [2.45, 2.75) is 19.3 Å². The maximum Gasteiger partial charge on any atom is 0.193 e. The molecule has 238 valence electrons. The van der Waals surface area contributed by atoms with Crippen LogP contribution >= 0.6 is 0 Å². The largest absolute Gasteiger partial charge is 0.311 e. The summed E-state index contributed by atoms with van der Waals surface area (Å²) in [7, 11) is -2.85. The van der Waals surface area contributed by atoms with Gasteiger partial charge in [0.25, 0.3) is 0 Å². The first-order valence-electron chi connectivity index (χ1n) is 17.3. The molecule has 0 aromatic heterocycles. The molecule has 1 spiro atoms. The summed E-state index contributed by atoms with van der Waals surface area (Å²) in [5, 5.41) is 5.50. The lowest BCUT2D eigenvalue weighted by Crippen LogP contribution is -2.79. The van der Waals surface area contributed by atoms with Crippen LogP contribution in [0, 0.1) is 0 Å². The normalized spacial score (nSPS) is 15.7. The molecular formula is C46H34N2OSi. The van der Waals surface area contributed by atoms with Gasteiger partial charge in [-0.1, -0.05) is 129 Å². The second kappa shape index (κ2) is 10.5. The van der Waals surface area contributed by atoms with Crippen molar-refractivity contribution in [2.75, 3.05) is 9.80 Å². The minimum absolute atomic E-state index is 0.102. The molecule has 10 rings (SSSR count). The van der Waals surface area contributed by atoms with E-state index in [0.717, 1.165) is 33.6 Å². The van der Waals surface area contributed by atoms with E-state index in [1.165, 1.54) is 43.5 Å². The highest BCUT2D eigenvalue weighted by molar-refractivity contribution is 7.23. The van der Waals surface area contributed by atoms with Crippen molar-refractivity contribution in [1.29, 1.82) is 0 Å². The van der Waals surface area contributed by atoms with Crippen molar-refractivity contribution < 1.29 is 4.79 Å². The predicted octanol–water partition coefficient (Wildman–Crippen LogP) is 8.50. The van der Waals surface area contributed by atoms with E-state index in [0.29, 0.717) is 0 Å². The van der Waals surface area contributed by atoms with Crippen molar-refractivity contribution in [2.24, 2.45) is 0 Å². The molecule has 1 aliphatic carbocycles. The van der Waals surface area contributed by atoms with Crippen LogP contribution in [0.5, 0.6) is 0 Å². The third-order valence-corrected chi connectivity index (χ3v) is 16.2. The predicted molar refractivity (Wildman–Crippen MR) is 209 cm³/mol. The lowest BCUT2D eigenvalue weighted by Gasteiger charge is -2.50. The van der Waals surface area contributed by atoms with Gasteiger partial charge in [-0.25, -0.2) is 0 Å². The number of rotatable bonds is 2. The molecule has 2 heterocycles. The molecule has 0 amide bonds. The van der Waals surface area contributed by atoms with Gasteiger partial charge in [0.1, 0.15) is 0 Å². The summed E-state index contributed by atoms with van der Waals surface area (Å²) in [5.74, 6) is 0.102. The maximum atomic E-state index is 13.8. The zero-order chi connectivity index (χ0) is 33.6. The van der Waals surface area contributed by atoms with E-state index in [4.69, 9.17) is 0 Å². The van der Waals surface area contributed by atoms with E-state index in [-0.39, 0.29) is 11.2 Å². The molecule has 0 bridgehead atoms. The van der Waals surface area contributed by atoms with Gasteiger partial charge in [0.15, 0.2) is 13.9 Å². The first-order valence-corrected chi connectivity index (χ1v) is 19.3. The highest BCUT2D eigenvalue weighted by atomic mass is 28.3. The Morgan fingerprint density at radius 1 is 0.420 bits per heavy atom. The fraction of sp³-hybridized carbons (Fsp3) is 0.0652. The molecule has 0 saturated heterocycles. The van der Waals surface area contributed by atoms with Crippen LogP contribution < -0.4 is 30.5 Å². The summed E-state index contributed by atoms with van der Waals surface area (Å²) in [4.78, 5) is 18.7. The van der Waals surface area contributed by atoms with Gasteiger partial charge in [-0.15, -0.1) is 0 Å². The fourth-order valence-electron chi connectivity index (χ4n) is 9.11. The van der Waals surface area contributed by atoms with Crippen molar-refractivity contribution in [3.63, 3.8) is 0 Å². The van der Waals surface area contributed by atoms with Gasteiger partial charge in [-0.05, 0) is 86.5 Å². The molecule has 4 heteroatoms. The molecule has 3 nitrogen and oxygen atoms in total. The third kappa shape index (κ3) is 3.71. The average Bonchev–Trinajstić information content (AvgIpc) is 3.17. The number of nitrogens with zero attached hydrogens (tertiary/aromatic N) is 2. The summed E-state index contributed by atoms with van der Waals surface area (Å²) in [5.41, 5.74) is 10.5. The highest BCUT2D eigenvalue weighted by Gasteiger charge is 2.54. The quantitative estimate of drug-likeness (QED) is 0.174. The SMILES string of the molecule is CC1(C)c2ccccc2C(=O)c2ccc(N3c4ccccc4[Si]4(c5ccccc5N(c5ccccc5)c5ccccc54)c4ccccc43)cc21. The average molecular weight is 659 g/mol. The first-order chi connectivity index (χ1) is 24.5. The van der Waals surface area contributed by atoms with Gasteiger partial charge < -0.3 is 9.80 Å². The molecule has 0 fully saturated rings. The minimum atomic E-state index is -2.85. The van der Waals surface area contributed by atoms with Crippen LogP contribution in [0.15, 0.2) is 170 Å². The van der Waals surface area contributed by atoms with E-state index in [2.05, 4.69) is 175 Å². The van der Waals surface area contributed by atoms with Crippen molar-refractivity contribution in [1.82, 2.24) is 0 Å². The Morgan fingerprint density at radius 3 is 1.38 bits per heavy atom. The van der Waals surface area contributed by atoms with Crippen LogP contribution in [0.3, 0.4) is 0 Å². The molecule has 0 unspecified atom stereocenters.